The van der Waals surface area contributed by atoms with Crippen LogP contribution >= 0.6 is 23.5 Å². The molecule has 10 heteroatoms. The van der Waals surface area contributed by atoms with E-state index < -0.39 is 0 Å². The smallest absolute Gasteiger partial charge is 0.146 e. The summed E-state index contributed by atoms with van der Waals surface area (Å²) in [5.41, 5.74) is 5.39. The fourth-order valence-corrected chi connectivity index (χ4v) is 5.05. The first-order valence-corrected chi connectivity index (χ1v) is 29.1. The van der Waals surface area contributed by atoms with Crippen LogP contribution in [0.25, 0.3) is 0 Å². The van der Waals surface area contributed by atoms with E-state index in [1.165, 1.54) is 11.1 Å². The molecule has 0 heterocycles. The van der Waals surface area contributed by atoms with Crippen LogP contribution in [-0.2, 0) is 44.3 Å². The molecule has 0 unspecified atom stereocenters. The van der Waals surface area contributed by atoms with E-state index in [-0.39, 0.29) is 10.8 Å². The number of hydrogen-bond acceptors (Lipinski definition) is 10. The van der Waals surface area contributed by atoms with Gasteiger partial charge in [0.25, 0.3) is 0 Å². The number of aryl methyl sites for hydroxylation is 1. The lowest BCUT2D eigenvalue weighted by Gasteiger charge is -2.17. The van der Waals surface area contributed by atoms with Gasteiger partial charge in [-0.15, -0.1) is 30.1 Å². The molecule has 1 rings (SSSR count). The van der Waals surface area contributed by atoms with Gasteiger partial charge < -0.3 is 37.9 Å². The van der Waals surface area contributed by atoms with Gasteiger partial charge in [-0.1, -0.05) is 209 Å². The zero-order chi connectivity index (χ0) is 58.4. The lowest BCUT2D eigenvalue weighted by atomic mass is 9.88. The number of allylic oxidation sites excluding steroid dienone is 1. The van der Waals surface area contributed by atoms with Crippen LogP contribution in [-0.4, -0.2) is 105 Å². The van der Waals surface area contributed by atoms with Crippen LogP contribution in [0.2, 0.25) is 0 Å². The third kappa shape index (κ3) is 114. The van der Waals surface area contributed by atoms with Gasteiger partial charge in [-0.2, -0.15) is 0 Å². The number of hydrogen-bond donors (Lipinski definition) is 0. The fourth-order valence-electron chi connectivity index (χ4n) is 4.44. The molecule has 0 radical (unpaired) electrons. The molecule has 0 N–H and O–H groups in total. The van der Waals surface area contributed by atoms with E-state index in [1.807, 2.05) is 37.9 Å². The summed E-state index contributed by atoms with van der Waals surface area (Å²) in [6.07, 6.45) is 6.27. The van der Waals surface area contributed by atoms with Crippen molar-refractivity contribution >= 4 is 23.5 Å². The molecule has 0 aliphatic carbocycles. The minimum Gasteiger partial charge on any atom is -0.384 e. The lowest BCUT2D eigenvalue weighted by Crippen LogP contribution is -2.15. The molecule has 0 spiro atoms. The van der Waals surface area contributed by atoms with E-state index in [0.717, 1.165) is 83.3 Å². The van der Waals surface area contributed by atoms with Gasteiger partial charge in [0.1, 0.15) is 13.6 Å². The molecule has 1 aromatic rings. The zero-order valence-corrected chi connectivity index (χ0v) is 55.9. The minimum absolute atomic E-state index is 0.247. The largest absolute Gasteiger partial charge is 0.384 e. The summed E-state index contributed by atoms with van der Waals surface area (Å²) in [5.74, 6) is 2.80. The molecule has 438 valence electrons. The minimum atomic E-state index is 0.247. The van der Waals surface area contributed by atoms with Crippen molar-refractivity contribution in [2.45, 2.75) is 207 Å². The highest BCUT2D eigenvalue weighted by Crippen LogP contribution is 2.21. The van der Waals surface area contributed by atoms with Crippen LogP contribution in [0.5, 0.6) is 0 Å². The molecular weight excluding hydrogens is 937 g/mol. The zero-order valence-electron chi connectivity index (χ0n) is 54.3. The third-order valence-electron chi connectivity index (χ3n) is 7.21. The Balaban J connectivity index is -0.000000135. The maximum absolute atomic E-state index is 5.40. The molecule has 0 aromatic heterocycles. The lowest BCUT2D eigenvalue weighted by molar-refractivity contribution is -0.0702. The van der Waals surface area contributed by atoms with Crippen molar-refractivity contribution in [3.8, 4) is 0 Å². The second kappa shape index (κ2) is 48.7. The molecule has 1 aromatic carbocycles. The van der Waals surface area contributed by atoms with Gasteiger partial charge in [-0.05, 0) is 94.5 Å². The van der Waals surface area contributed by atoms with Gasteiger partial charge in [0.15, 0.2) is 0 Å². The van der Waals surface area contributed by atoms with Crippen molar-refractivity contribution in [3.63, 3.8) is 0 Å². The molecular formula is C62H130O8S2. The van der Waals surface area contributed by atoms with Gasteiger partial charge in [0, 0.05) is 27.4 Å². The Bertz CT molecular complexity index is 1190. The summed E-state index contributed by atoms with van der Waals surface area (Å²) in [6.45, 7) is 71.5. The molecule has 0 atom stereocenters. The number of thioether (sulfide) groups is 2. The summed E-state index contributed by atoms with van der Waals surface area (Å²) in [5, 5.41) is 0. The summed E-state index contributed by atoms with van der Waals surface area (Å²) in [4.78, 5) is 0. The van der Waals surface area contributed by atoms with Crippen molar-refractivity contribution in [1.82, 2.24) is 0 Å². The van der Waals surface area contributed by atoms with Gasteiger partial charge in [-0.25, -0.2) is 0 Å². The SMILES string of the molecule is C=CCC(C)(C)C.CCOCC(C)(C)C.CCOCOCC(C)(C)C.CCSCOCC(C)(C)C.COCC(C)(C)C.COCOCC(C)(C)C.CSCOCC(C)(C)C.Cc1ccc(CC(C)(C)C)cc1. The Morgan fingerprint density at radius 2 is 0.792 bits per heavy atom. The van der Waals surface area contributed by atoms with Gasteiger partial charge in [0.05, 0.1) is 51.5 Å². The standard InChI is InChI=1S/C12H18.C8H18O2.C8H18OS.C7H16O2.C7H16OS.C7H16O.C7H14.C6H14O/c1-10-5-7-11(8-6-10)9-12(2,3)4;1-5-9-7-10-6-8(2,3)4;1-5-10-7-9-6-8(2,3)4;1-7(2,3)5-9-6-8-4;1-7(2,3)5-8-6-9-4;1-5-8-6-7(2,3)4;1-5-6-7(2,3)4;1-6(2,3)5-7-4/h5-8H,9H2,1-4H3;2*5-7H2,1-4H3;2*5-6H2,1-4H3;5-6H2,1-4H3;5H,1,6H2,2-4H3;5H2,1-4H3. The second-order valence-corrected chi connectivity index (χ2v) is 29.7. The first kappa shape index (κ1) is 85.3. The van der Waals surface area contributed by atoms with E-state index in [2.05, 4.69) is 211 Å². The molecule has 0 bridgehead atoms. The first-order valence-electron chi connectivity index (χ1n) is 26.6. The van der Waals surface area contributed by atoms with Crippen LogP contribution in [0, 0.1) is 50.2 Å². The first-order chi connectivity index (χ1) is 32.4. The van der Waals surface area contributed by atoms with Crippen molar-refractivity contribution in [2.75, 3.05) is 105 Å². The number of benzene rings is 1. The number of methoxy groups -OCH3 is 2. The molecule has 0 saturated heterocycles. The normalized spacial score (nSPS) is 11.9. The predicted octanol–water partition coefficient (Wildman–Crippen LogP) is 18.8. The van der Waals surface area contributed by atoms with Crippen molar-refractivity contribution in [3.05, 3.63) is 48.0 Å². The highest BCUT2D eigenvalue weighted by atomic mass is 32.2. The molecule has 0 saturated carbocycles. The van der Waals surface area contributed by atoms with Gasteiger partial charge in [0.2, 0.25) is 0 Å². The van der Waals surface area contributed by atoms with E-state index in [1.54, 1.807) is 26.0 Å². The third-order valence-corrected chi connectivity index (χ3v) is 8.36. The fraction of sp³-hybridized carbons (Fsp3) is 0.871. The Labute approximate surface area is 461 Å². The van der Waals surface area contributed by atoms with Crippen LogP contribution in [0.1, 0.15) is 204 Å². The van der Waals surface area contributed by atoms with E-state index in [0.29, 0.717) is 46.1 Å². The van der Waals surface area contributed by atoms with E-state index >= 15 is 0 Å². The monoisotopic (exact) mass is 1070 g/mol. The van der Waals surface area contributed by atoms with Crippen molar-refractivity contribution in [1.29, 1.82) is 0 Å². The molecule has 0 amide bonds. The second-order valence-electron chi connectivity index (χ2n) is 27.6. The molecule has 0 fully saturated rings. The van der Waals surface area contributed by atoms with Crippen LogP contribution in [0.15, 0.2) is 36.9 Å². The Hall–Kier alpha value is -0.660. The molecule has 0 aliphatic rings. The molecule has 0 aliphatic heterocycles. The Morgan fingerprint density at radius 1 is 0.431 bits per heavy atom. The van der Waals surface area contributed by atoms with Crippen molar-refractivity contribution in [2.24, 2.45) is 43.3 Å². The van der Waals surface area contributed by atoms with Crippen LogP contribution < -0.4 is 0 Å². The maximum atomic E-state index is 5.40. The summed E-state index contributed by atoms with van der Waals surface area (Å²) in [6, 6.07) is 8.81. The average Bonchev–Trinajstić information content (AvgIpc) is 3.17. The topological polar surface area (TPSA) is 73.8 Å². The number of rotatable bonds is 19. The molecule has 8 nitrogen and oxygen atoms in total. The average molecular weight is 1070 g/mol. The van der Waals surface area contributed by atoms with E-state index in [9.17, 15) is 0 Å². The summed E-state index contributed by atoms with van der Waals surface area (Å²) < 4.78 is 40.9. The predicted molar refractivity (Wildman–Crippen MR) is 327 cm³/mol. The summed E-state index contributed by atoms with van der Waals surface area (Å²) in [7, 11) is 3.36. The van der Waals surface area contributed by atoms with Crippen molar-refractivity contribution < 1.29 is 37.9 Å². The quantitative estimate of drug-likeness (QED) is 0.0760. The van der Waals surface area contributed by atoms with Crippen LogP contribution in [0.4, 0.5) is 0 Å². The Morgan fingerprint density at radius 3 is 1.04 bits per heavy atom. The summed E-state index contributed by atoms with van der Waals surface area (Å²) >= 11 is 3.55. The van der Waals surface area contributed by atoms with Crippen LogP contribution in [0.3, 0.4) is 0 Å². The maximum Gasteiger partial charge on any atom is 0.146 e. The number of ether oxygens (including phenoxy) is 8. The van der Waals surface area contributed by atoms with Gasteiger partial charge in [-0.3, -0.25) is 0 Å². The molecule has 72 heavy (non-hydrogen) atoms. The van der Waals surface area contributed by atoms with E-state index in [4.69, 9.17) is 37.9 Å². The Kier molecular flexibility index (Phi) is 57.7. The van der Waals surface area contributed by atoms with Gasteiger partial charge >= 0.3 is 0 Å². The highest BCUT2D eigenvalue weighted by molar-refractivity contribution is 7.99. The highest BCUT2D eigenvalue weighted by Gasteiger charge is 2.13.